The number of hydrogen-bond acceptors (Lipinski definition) is 2. The van der Waals surface area contributed by atoms with Crippen molar-refractivity contribution in [3.63, 3.8) is 0 Å². The fraction of sp³-hybridized carbons (Fsp3) is 0. The minimum atomic E-state index is -0.419. The Bertz CT molecular complexity index is 448. The van der Waals surface area contributed by atoms with E-state index in [9.17, 15) is 9.18 Å². The van der Waals surface area contributed by atoms with E-state index in [1.807, 2.05) is 0 Å². The van der Waals surface area contributed by atoms with Crippen LogP contribution < -0.4 is 4.87 Å². The molecule has 0 atom stereocenters. The number of H-pyrrole nitrogens is 1. The van der Waals surface area contributed by atoms with Crippen LogP contribution in [0.3, 0.4) is 0 Å². The van der Waals surface area contributed by atoms with Crippen LogP contribution in [0.1, 0.15) is 0 Å². The largest absolute Gasteiger partial charge is 0.311 e. The summed E-state index contributed by atoms with van der Waals surface area (Å²) in [7, 11) is 0. The van der Waals surface area contributed by atoms with Gasteiger partial charge in [0.1, 0.15) is 5.82 Å². The number of halogens is 2. The van der Waals surface area contributed by atoms with Gasteiger partial charge < -0.3 is 4.98 Å². The quantitative estimate of drug-likeness (QED) is 0.701. The number of rotatable bonds is 0. The number of nitrogens with one attached hydrogen (secondary N) is 1. The predicted octanol–water partition coefficient (Wildman–Crippen LogP) is 2.38. The third kappa shape index (κ3) is 1.04. The van der Waals surface area contributed by atoms with E-state index in [4.69, 9.17) is 11.6 Å². The van der Waals surface area contributed by atoms with E-state index in [2.05, 4.69) is 4.98 Å². The smallest absolute Gasteiger partial charge is 0.305 e. The second-order valence-electron chi connectivity index (χ2n) is 2.25. The molecule has 0 saturated heterocycles. The molecule has 12 heavy (non-hydrogen) atoms. The molecule has 1 N–H and O–H groups in total. The van der Waals surface area contributed by atoms with Gasteiger partial charge in [-0.3, -0.25) is 4.79 Å². The van der Waals surface area contributed by atoms with Crippen LogP contribution in [-0.4, -0.2) is 4.98 Å². The molecule has 0 radical (unpaired) electrons. The highest BCUT2D eigenvalue weighted by molar-refractivity contribution is 7.16. The summed E-state index contributed by atoms with van der Waals surface area (Å²) < 4.78 is 13.3. The highest BCUT2D eigenvalue weighted by Crippen LogP contribution is 2.25. The van der Waals surface area contributed by atoms with Crippen LogP contribution in [0.2, 0.25) is 5.02 Å². The third-order valence-electron chi connectivity index (χ3n) is 1.48. The monoisotopic (exact) mass is 203 g/mol. The highest BCUT2D eigenvalue weighted by atomic mass is 35.5. The van der Waals surface area contributed by atoms with Crippen molar-refractivity contribution in [1.29, 1.82) is 0 Å². The first-order chi connectivity index (χ1) is 5.68. The molecule has 1 aromatic carbocycles. The van der Waals surface area contributed by atoms with E-state index in [0.29, 0.717) is 10.5 Å². The minimum Gasteiger partial charge on any atom is -0.311 e. The Kier molecular flexibility index (Phi) is 1.66. The molecule has 1 heterocycles. The second-order valence-corrected chi connectivity index (χ2v) is 3.64. The van der Waals surface area contributed by atoms with Gasteiger partial charge >= 0.3 is 4.87 Å². The third-order valence-corrected chi connectivity index (χ3v) is 2.69. The van der Waals surface area contributed by atoms with E-state index in [1.54, 1.807) is 0 Å². The highest BCUT2D eigenvalue weighted by Gasteiger charge is 2.07. The van der Waals surface area contributed by atoms with Gasteiger partial charge in [0.2, 0.25) is 0 Å². The van der Waals surface area contributed by atoms with Crippen molar-refractivity contribution in [3.05, 3.63) is 32.6 Å². The second kappa shape index (κ2) is 2.57. The fourth-order valence-electron chi connectivity index (χ4n) is 0.970. The average molecular weight is 204 g/mol. The predicted molar refractivity (Wildman–Crippen MR) is 47.4 cm³/mol. The van der Waals surface area contributed by atoms with Gasteiger partial charge in [0.25, 0.3) is 0 Å². The summed E-state index contributed by atoms with van der Waals surface area (Å²) in [5, 5.41) is 0.366. The molecule has 0 spiro atoms. The molecule has 0 bridgehead atoms. The molecule has 0 aliphatic rings. The van der Waals surface area contributed by atoms with E-state index in [-0.39, 0.29) is 9.57 Å². The fourth-order valence-corrected chi connectivity index (χ4v) is 2.00. The van der Waals surface area contributed by atoms with E-state index in [1.165, 1.54) is 12.1 Å². The zero-order valence-electron chi connectivity index (χ0n) is 5.73. The van der Waals surface area contributed by atoms with Crippen LogP contribution in [-0.2, 0) is 0 Å². The lowest BCUT2D eigenvalue weighted by Gasteiger charge is -1.92. The summed E-state index contributed by atoms with van der Waals surface area (Å²) in [5.74, 6) is -0.419. The van der Waals surface area contributed by atoms with Crippen molar-refractivity contribution in [1.82, 2.24) is 4.98 Å². The Morgan fingerprint density at radius 3 is 2.92 bits per heavy atom. The molecular weight excluding hydrogens is 201 g/mol. The lowest BCUT2D eigenvalue weighted by molar-refractivity contribution is 0.641. The van der Waals surface area contributed by atoms with Crippen LogP contribution >= 0.6 is 22.9 Å². The number of aromatic nitrogens is 1. The van der Waals surface area contributed by atoms with Crippen LogP contribution in [0.4, 0.5) is 4.39 Å². The van der Waals surface area contributed by atoms with Crippen molar-refractivity contribution >= 4 is 33.2 Å². The first kappa shape index (κ1) is 7.76. The molecule has 0 aliphatic heterocycles. The Hall–Kier alpha value is -0.870. The molecule has 2 aromatic rings. The SMILES string of the molecule is O=c1[nH]c2c(Cl)ccc(F)c2s1. The number of fused-ring (bicyclic) bond motifs is 1. The molecule has 0 aliphatic carbocycles. The molecule has 0 amide bonds. The molecule has 2 nitrogen and oxygen atoms in total. The summed E-state index contributed by atoms with van der Waals surface area (Å²) in [5.41, 5.74) is 0.381. The summed E-state index contributed by atoms with van der Waals surface area (Å²) in [6, 6.07) is 2.66. The summed E-state index contributed by atoms with van der Waals surface area (Å²) in [6.07, 6.45) is 0. The van der Waals surface area contributed by atoms with Gasteiger partial charge in [0.05, 0.1) is 15.2 Å². The first-order valence-corrected chi connectivity index (χ1v) is 4.35. The van der Waals surface area contributed by atoms with Crippen LogP contribution in [0.15, 0.2) is 16.9 Å². The lowest BCUT2D eigenvalue weighted by atomic mass is 10.3. The number of benzene rings is 1. The molecule has 5 heteroatoms. The number of hydrogen-bond donors (Lipinski definition) is 1. The van der Waals surface area contributed by atoms with Gasteiger partial charge in [0, 0.05) is 0 Å². The van der Waals surface area contributed by atoms with E-state index < -0.39 is 5.82 Å². The Balaban J connectivity index is 3.03. The van der Waals surface area contributed by atoms with Gasteiger partial charge in [-0.1, -0.05) is 22.9 Å². The van der Waals surface area contributed by atoms with Gasteiger partial charge in [-0.05, 0) is 12.1 Å². The van der Waals surface area contributed by atoms with Gasteiger partial charge in [-0.15, -0.1) is 0 Å². The van der Waals surface area contributed by atoms with Gasteiger partial charge in [-0.2, -0.15) is 0 Å². The normalized spacial score (nSPS) is 10.8. The summed E-state index contributed by atoms with van der Waals surface area (Å²) in [6.45, 7) is 0. The maximum atomic E-state index is 13.0. The topological polar surface area (TPSA) is 32.9 Å². The Morgan fingerprint density at radius 2 is 2.25 bits per heavy atom. The molecule has 1 aromatic heterocycles. The van der Waals surface area contributed by atoms with Gasteiger partial charge in [0.15, 0.2) is 0 Å². The van der Waals surface area contributed by atoms with Gasteiger partial charge in [-0.25, -0.2) is 4.39 Å². The molecule has 0 fully saturated rings. The molecule has 2 rings (SSSR count). The molecular formula is C7H3ClFNOS. The maximum Gasteiger partial charge on any atom is 0.305 e. The first-order valence-electron chi connectivity index (χ1n) is 3.15. The van der Waals surface area contributed by atoms with Crippen molar-refractivity contribution in [2.75, 3.05) is 0 Å². The van der Waals surface area contributed by atoms with Crippen molar-refractivity contribution < 1.29 is 4.39 Å². The standard InChI is InChI=1S/C7H3ClFNOS/c8-3-1-2-4(9)6-5(3)10-7(11)12-6/h1-2H,(H,10,11). The zero-order valence-corrected chi connectivity index (χ0v) is 7.30. The van der Waals surface area contributed by atoms with Crippen LogP contribution in [0.25, 0.3) is 10.2 Å². The Morgan fingerprint density at radius 1 is 1.50 bits per heavy atom. The average Bonchev–Trinajstić information content (AvgIpc) is 2.41. The number of aromatic amines is 1. The summed E-state index contributed by atoms with van der Waals surface area (Å²) in [4.78, 5) is 13.0. The van der Waals surface area contributed by atoms with Crippen molar-refractivity contribution in [2.45, 2.75) is 0 Å². The number of thiazole rings is 1. The molecule has 0 unspecified atom stereocenters. The van der Waals surface area contributed by atoms with Crippen LogP contribution in [0.5, 0.6) is 0 Å². The van der Waals surface area contributed by atoms with E-state index >= 15 is 0 Å². The Labute approximate surface area is 75.6 Å². The van der Waals surface area contributed by atoms with E-state index in [0.717, 1.165) is 11.3 Å². The minimum absolute atomic E-state index is 0.285. The maximum absolute atomic E-state index is 13.0. The summed E-state index contributed by atoms with van der Waals surface area (Å²) >= 11 is 6.53. The van der Waals surface area contributed by atoms with Crippen molar-refractivity contribution in [2.24, 2.45) is 0 Å². The zero-order chi connectivity index (χ0) is 8.72. The lowest BCUT2D eigenvalue weighted by Crippen LogP contribution is -1.89. The molecule has 62 valence electrons. The van der Waals surface area contributed by atoms with Crippen molar-refractivity contribution in [3.8, 4) is 0 Å². The van der Waals surface area contributed by atoms with Crippen LogP contribution in [0, 0.1) is 5.82 Å². The molecule has 0 saturated carbocycles.